The Morgan fingerprint density at radius 1 is 1.24 bits per heavy atom. The van der Waals surface area contributed by atoms with Gasteiger partial charge < -0.3 is 9.72 Å². The molecule has 0 aliphatic rings. The predicted molar refractivity (Wildman–Crippen MR) is 114 cm³/mol. The van der Waals surface area contributed by atoms with Gasteiger partial charge in [0.2, 0.25) is 10.0 Å². The second-order valence-electron chi connectivity index (χ2n) is 6.24. The fraction of sp³-hybridized carbons (Fsp3) is 0.211. The molecular weight excluding hydrogens is 485 g/mol. The number of H-pyrrole nitrogens is 1. The second kappa shape index (κ2) is 8.93. The Kier molecular flexibility index (Phi) is 6.75. The van der Waals surface area contributed by atoms with Crippen molar-refractivity contribution < 1.29 is 17.5 Å². The van der Waals surface area contributed by atoms with Crippen LogP contribution in [0.3, 0.4) is 0 Å². The van der Waals surface area contributed by atoms with E-state index < -0.39 is 10.0 Å². The highest BCUT2D eigenvalue weighted by molar-refractivity contribution is 9.10. The van der Waals surface area contributed by atoms with Gasteiger partial charge in [-0.25, -0.2) is 17.8 Å². The number of benzene rings is 2. The molecule has 0 radical (unpaired) electrons. The molecule has 10 heteroatoms. The van der Waals surface area contributed by atoms with Gasteiger partial charge >= 0.3 is 0 Å². The van der Waals surface area contributed by atoms with Gasteiger partial charge in [-0.2, -0.15) is 4.31 Å². The standard InChI is InChI=1S/C19H18BrClFN3O3S/c1-25(7-8-28-2)29(26,27)18-10-13(3-5-15(18)21)19-23-11-17(24-19)12-4-6-16(22)14(20)9-12/h3-6,9-11H,7-8H2,1-2H3,(H,23,24). The van der Waals surface area contributed by atoms with Crippen molar-refractivity contribution >= 4 is 37.6 Å². The maximum atomic E-state index is 13.5. The van der Waals surface area contributed by atoms with Crippen LogP contribution in [0.4, 0.5) is 4.39 Å². The highest BCUT2D eigenvalue weighted by Crippen LogP contribution is 2.30. The van der Waals surface area contributed by atoms with E-state index >= 15 is 0 Å². The molecule has 0 spiro atoms. The van der Waals surface area contributed by atoms with E-state index in [1.165, 1.54) is 36.7 Å². The molecule has 6 nitrogen and oxygen atoms in total. The average molecular weight is 503 g/mol. The molecule has 0 fully saturated rings. The number of imidazole rings is 1. The number of methoxy groups -OCH3 is 1. The number of nitrogens with zero attached hydrogens (tertiary/aromatic N) is 2. The van der Waals surface area contributed by atoms with Gasteiger partial charge in [-0.05, 0) is 52.3 Å². The molecule has 0 atom stereocenters. The summed E-state index contributed by atoms with van der Waals surface area (Å²) >= 11 is 9.33. The molecule has 0 saturated carbocycles. The molecule has 0 aliphatic heterocycles. The Bertz CT molecular complexity index is 1140. The van der Waals surface area contributed by atoms with Gasteiger partial charge in [0, 0.05) is 31.8 Å². The van der Waals surface area contributed by atoms with E-state index in [0.29, 0.717) is 21.6 Å². The number of likely N-dealkylation sites (N-methyl/N-ethyl adjacent to an activating group) is 1. The van der Waals surface area contributed by atoms with Crippen molar-refractivity contribution in [3.8, 4) is 22.6 Å². The molecule has 0 bridgehead atoms. The van der Waals surface area contributed by atoms with Crippen LogP contribution in [0.15, 0.2) is 52.0 Å². The number of ether oxygens (including phenoxy) is 1. The maximum Gasteiger partial charge on any atom is 0.244 e. The Morgan fingerprint density at radius 2 is 1.97 bits per heavy atom. The average Bonchev–Trinajstić information content (AvgIpc) is 3.18. The zero-order valence-electron chi connectivity index (χ0n) is 15.6. The molecule has 3 aromatic rings. The summed E-state index contributed by atoms with van der Waals surface area (Å²) < 4.78 is 45.6. The third kappa shape index (κ3) is 4.70. The van der Waals surface area contributed by atoms with E-state index in [4.69, 9.17) is 16.3 Å². The van der Waals surface area contributed by atoms with Gasteiger partial charge in [0.15, 0.2) is 0 Å². The molecule has 1 N–H and O–H groups in total. The van der Waals surface area contributed by atoms with Crippen LogP contribution in [-0.4, -0.2) is 50.0 Å². The Morgan fingerprint density at radius 3 is 2.66 bits per heavy atom. The largest absolute Gasteiger partial charge is 0.383 e. The van der Waals surface area contributed by atoms with Gasteiger partial charge in [-0.15, -0.1) is 0 Å². The zero-order chi connectivity index (χ0) is 21.2. The molecule has 1 aromatic heterocycles. The first-order valence-corrected chi connectivity index (χ1v) is 11.1. The van der Waals surface area contributed by atoms with Crippen LogP contribution >= 0.6 is 27.5 Å². The Balaban J connectivity index is 1.96. The third-order valence-electron chi connectivity index (χ3n) is 4.31. The highest BCUT2D eigenvalue weighted by Gasteiger charge is 2.24. The Labute approximate surface area is 181 Å². The van der Waals surface area contributed by atoms with Crippen molar-refractivity contribution in [3.63, 3.8) is 0 Å². The first kappa shape index (κ1) is 21.9. The van der Waals surface area contributed by atoms with Gasteiger partial charge in [0.1, 0.15) is 16.5 Å². The van der Waals surface area contributed by atoms with Gasteiger partial charge in [0.25, 0.3) is 0 Å². The maximum absolute atomic E-state index is 13.5. The van der Waals surface area contributed by atoms with E-state index in [-0.39, 0.29) is 28.9 Å². The number of rotatable bonds is 7. The van der Waals surface area contributed by atoms with Crippen LogP contribution in [-0.2, 0) is 14.8 Å². The molecule has 0 amide bonds. The van der Waals surface area contributed by atoms with E-state index in [1.807, 2.05) is 0 Å². The van der Waals surface area contributed by atoms with E-state index in [1.54, 1.807) is 24.4 Å². The summed E-state index contributed by atoms with van der Waals surface area (Å²) in [5, 5.41) is 0.118. The number of aromatic amines is 1. The lowest BCUT2D eigenvalue weighted by Crippen LogP contribution is -2.30. The summed E-state index contributed by atoms with van der Waals surface area (Å²) in [5.74, 6) is 0.103. The highest BCUT2D eigenvalue weighted by atomic mass is 79.9. The molecule has 29 heavy (non-hydrogen) atoms. The molecule has 3 rings (SSSR count). The minimum Gasteiger partial charge on any atom is -0.383 e. The lowest BCUT2D eigenvalue weighted by molar-refractivity contribution is 0.185. The smallest absolute Gasteiger partial charge is 0.244 e. The van der Waals surface area contributed by atoms with Crippen molar-refractivity contribution in [1.82, 2.24) is 14.3 Å². The van der Waals surface area contributed by atoms with Crippen LogP contribution in [0.1, 0.15) is 0 Å². The van der Waals surface area contributed by atoms with Crippen molar-refractivity contribution in [2.24, 2.45) is 0 Å². The van der Waals surface area contributed by atoms with Crippen LogP contribution < -0.4 is 0 Å². The van der Waals surface area contributed by atoms with Gasteiger partial charge in [-0.1, -0.05) is 11.6 Å². The number of hydrogen-bond acceptors (Lipinski definition) is 4. The van der Waals surface area contributed by atoms with Gasteiger partial charge in [-0.3, -0.25) is 0 Å². The zero-order valence-corrected chi connectivity index (χ0v) is 18.8. The SMILES string of the molecule is COCCN(C)S(=O)(=O)c1cc(-c2ncc(-c3ccc(F)c(Br)c3)[nH]2)ccc1Cl. The van der Waals surface area contributed by atoms with Crippen LogP contribution in [0.25, 0.3) is 22.6 Å². The Hall–Kier alpha value is -1.78. The molecular formula is C19H18BrClFN3O3S. The topological polar surface area (TPSA) is 75.3 Å². The number of nitrogens with one attached hydrogen (secondary N) is 1. The molecule has 0 aliphatic carbocycles. The van der Waals surface area contributed by atoms with E-state index in [2.05, 4.69) is 25.9 Å². The first-order chi connectivity index (χ1) is 13.7. The minimum absolute atomic E-state index is 0.0160. The number of halogens is 3. The summed E-state index contributed by atoms with van der Waals surface area (Å²) in [6.45, 7) is 0.464. The lowest BCUT2D eigenvalue weighted by Gasteiger charge is -2.18. The minimum atomic E-state index is -3.80. The molecule has 1 heterocycles. The van der Waals surface area contributed by atoms with Crippen LogP contribution in [0.2, 0.25) is 5.02 Å². The van der Waals surface area contributed by atoms with Crippen molar-refractivity contribution in [2.45, 2.75) is 4.90 Å². The summed E-state index contributed by atoms with van der Waals surface area (Å²) in [6.07, 6.45) is 1.60. The van der Waals surface area contributed by atoms with Crippen LogP contribution in [0.5, 0.6) is 0 Å². The summed E-state index contributed by atoms with van der Waals surface area (Å²) in [7, 11) is -0.827. The summed E-state index contributed by atoms with van der Waals surface area (Å²) in [5.41, 5.74) is 1.95. The third-order valence-corrected chi connectivity index (χ3v) is 7.26. The van der Waals surface area contributed by atoms with Crippen molar-refractivity contribution in [1.29, 1.82) is 0 Å². The second-order valence-corrected chi connectivity index (χ2v) is 9.51. The number of sulfonamides is 1. The fourth-order valence-electron chi connectivity index (χ4n) is 2.63. The van der Waals surface area contributed by atoms with Crippen molar-refractivity contribution in [3.05, 3.63) is 57.9 Å². The molecule has 0 saturated heterocycles. The number of aromatic nitrogens is 2. The summed E-state index contributed by atoms with van der Waals surface area (Å²) in [6, 6.07) is 9.28. The fourth-order valence-corrected chi connectivity index (χ4v) is 4.66. The normalized spacial score (nSPS) is 11.9. The monoisotopic (exact) mass is 501 g/mol. The van der Waals surface area contributed by atoms with Crippen molar-refractivity contribution in [2.75, 3.05) is 27.3 Å². The predicted octanol–water partition coefficient (Wildman–Crippen LogP) is 4.57. The molecule has 154 valence electrons. The lowest BCUT2D eigenvalue weighted by atomic mass is 10.2. The number of hydrogen-bond donors (Lipinski definition) is 1. The van der Waals surface area contributed by atoms with Gasteiger partial charge in [0.05, 0.1) is 28.0 Å². The first-order valence-electron chi connectivity index (χ1n) is 8.49. The molecule has 0 unspecified atom stereocenters. The van der Waals surface area contributed by atoms with E-state index in [0.717, 1.165) is 5.56 Å². The van der Waals surface area contributed by atoms with Crippen LogP contribution in [0, 0.1) is 5.82 Å². The quantitative estimate of drug-likeness (QED) is 0.514. The van der Waals surface area contributed by atoms with E-state index in [9.17, 15) is 12.8 Å². The molecule has 2 aromatic carbocycles. The summed E-state index contributed by atoms with van der Waals surface area (Å²) in [4.78, 5) is 7.44.